The fourth-order valence-electron chi connectivity index (χ4n) is 3.11. The van der Waals surface area contributed by atoms with Crippen LogP contribution in [0.25, 0.3) is 17.4 Å². The molecule has 0 aliphatic carbocycles. The summed E-state index contributed by atoms with van der Waals surface area (Å²) in [5.41, 5.74) is 0.752. The number of carboxylic acid groups (broad SMARTS) is 1. The molecular weight excluding hydrogens is 425 g/mol. The van der Waals surface area contributed by atoms with Crippen molar-refractivity contribution in [3.8, 4) is 11.3 Å². The summed E-state index contributed by atoms with van der Waals surface area (Å²) >= 11 is 6.29. The van der Waals surface area contributed by atoms with Crippen molar-refractivity contribution in [3.05, 3.63) is 88.8 Å². The topological polar surface area (TPSA) is 70.8 Å². The number of benzene rings is 2. The molecule has 150 valence electrons. The summed E-state index contributed by atoms with van der Waals surface area (Å²) in [6.07, 6.45) is 1.48. The second kappa shape index (κ2) is 8.25. The summed E-state index contributed by atoms with van der Waals surface area (Å²) in [4.78, 5) is 26.2. The van der Waals surface area contributed by atoms with E-state index in [-0.39, 0.29) is 9.23 Å². The molecule has 1 N–H and O–H groups in total. The van der Waals surface area contributed by atoms with Crippen molar-refractivity contribution in [1.82, 2.24) is 4.90 Å². The Labute approximate surface area is 180 Å². The van der Waals surface area contributed by atoms with Gasteiger partial charge in [0.2, 0.25) is 0 Å². The molecule has 1 atom stereocenters. The molecule has 1 aliphatic heterocycles. The SMILES string of the molecule is O=C(O)C(c1ccccc1)N1C(=O)/C(=C/c2ccc(-c3ccccc3F)o2)SC1=S. The number of thiocarbonyl (C=S) groups is 1. The van der Waals surface area contributed by atoms with Gasteiger partial charge in [-0.2, -0.15) is 0 Å². The average Bonchev–Trinajstić information content (AvgIpc) is 3.29. The minimum atomic E-state index is -1.23. The highest BCUT2D eigenvalue weighted by Crippen LogP contribution is 2.39. The van der Waals surface area contributed by atoms with Crippen LogP contribution in [0.5, 0.6) is 0 Å². The van der Waals surface area contributed by atoms with Crippen LogP contribution in [0.4, 0.5) is 4.39 Å². The lowest BCUT2D eigenvalue weighted by molar-refractivity contribution is -0.145. The van der Waals surface area contributed by atoms with E-state index in [2.05, 4.69) is 0 Å². The van der Waals surface area contributed by atoms with Crippen molar-refractivity contribution >= 4 is 46.3 Å². The number of hydrogen-bond acceptors (Lipinski definition) is 5. The Morgan fingerprint density at radius 3 is 2.50 bits per heavy atom. The Hall–Kier alpha value is -3.23. The first-order valence-corrected chi connectivity index (χ1v) is 10.1. The summed E-state index contributed by atoms with van der Waals surface area (Å²) in [5.74, 6) is -1.47. The van der Waals surface area contributed by atoms with Crippen molar-refractivity contribution in [2.24, 2.45) is 0 Å². The number of carboxylic acids is 1. The maximum absolute atomic E-state index is 14.0. The number of nitrogens with zero attached hydrogens (tertiary/aromatic N) is 1. The molecule has 0 radical (unpaired) electrons. The van der Waals surface area contributed by atoms with E-state index in [4.69, 9.17) is 16.6 Å². The predicted octanol–water partition coefficient (Wildman–Crippen LogP) is 5.11. The van der Waals surface area contributed by atoms with Gasteiger partial charge in [0.15, 0.2) is 6.04 Å². The Morgan fingerprint density at radius 1 is 1.10 bits per heavy atom. The van der Waals surface area contributed by atoms with Gasteiger partial charge < -0.3 is 9.52 Å². The Morgan fingerprint density at radius 2 is 1.80 bits per heavy atom. The lowest BCUT2D eigenvalue weighted by Crippen LogP contribution is -2.37. The zero-order valence-corrected chi connectivity index (χ0v) is 17.0. The molecule has 2 aromatic carbocycles. The molecule has 0 spiro atoms. The van der Waals surface area contributed by atoms with Crippen LogP contribution < -0.4 is 0 Å². The van der Waals surface area contributed by atoms with Gasteiger partial charge in [-0.05, 0) is 29.8 Å². The molecule has 30 heavy (non-hydrogen) atoms. The molecule has 1 unspecified atom stereocenters. The van der Waals surface area contributed by atoms with Crippen molar-refractivity contribution in [2.45, 2.75) is 6.04 Å². The van der Waals surface area contributed by atoms with Gasteiger partial charge in [-0.3, -0.25) is 9.69 Å². The zero-order valence-electron chi connectivity index (χ0n) is 15.3. The number of amides is 1. The van der Waals surface area contributed by atoms with E-state index >= 15 is 0 Å². The molecule has 3 aromatic rings. The summed E-state index contributed by atoms with van der Waals surface area (Å²) in [7, 11) is 0. The van der Waals surface area contributed by atoms with Crippen LogP contribution in [0.3, 0.4) is 0 Å². The molecule has 1 amide bonds. The smallest absolute Gasteiger partial charge is 0.331 e. The summed E-state index contributed by atoms with van der Waals surface area (Å²) in [6.45, 7) is 0. The van der Waals surface area contributed by atoms with Gasteiger partial charge in [0.25, 0.3) is 5.91 Å². The highest BCUT2D eigenvalue weighted by atomic mass is 32.2. The number of rotatable bonds is 5. The minimum absolute atomic E-state index is 0.142. The minimum Gasteiger partial charge on any atom is -0.479 e. The maximum atomic E-state index is 14.0. The maximum Gasteiger partial charge on any atom is 0.331 e. The van der Waals surface area contributed by atoms with E-state index in [1.165, 1.54) is 12.1 Å². The fraction of sp³-hybridized carbons (Fsp3) is 0.0455. The van der Waals surface area contributed by atoms with E-state index < -0.39 is 23.7 Å². The van der Waals surface area contributed by atoms with Gasteiger partial charge in [-0.15, -0.1) is 0 Å². The number of halogens is 1. The normalized spacial score (nSPS) is 16.3. The number of furan rings is 1. The van der Waals surface area contributed by atoms with E-state index in [1.54, 1.807) is 60.7 Å². The molecule has 1 saturated heterocycles. The average molecular weight is 439 g/mol. The van der Waals surface area contributed by atoms with Crippen LogP contribution in [0.1, 0.15) is 17.4 Å². The zero-order chi connectivity index (χ0) is 21.3. The van der Waals surface area contributed by atoms with E-state index in [9.17, 15) is 19.1 Å². The van der Waals surface area contributed by atoms with E-state index in [1.807, 2.05) is 0 Å². The Bertz CT molecular complexity index is 1170. The van der Waals surface area contributed by atoms with Gasteiger partial charge >= 0.3 is 5.97 Å². The van der Waals surface area contributed by atoms with Crippen LogP contribution in [0.2, 0.25) is 0 Å². The molecule has 0 saturated carbocycles. The van der Waals surface area contributed by atoms with Crippen LogP contribution >= 0.6 is 24.0 Å². The molecule has 4 rings (SSSR count). The third kappa shape index (κ3) is 3.79. The first kappa shape index (κ1) is 20.1. The predicted molar refractivity (Wildman–Crippen MR) is 116 cm³/mol. The number of thioether (sulfide) groups is 1. The Balaban J connectivity index is 1.64. The largest absolute Gasteiger partial charge is 0.479 e. The standard InChI is InChI=1S/C22H14FNO4S2/c23-16-9-5-4-8-15(16)17-11-10-14(28-17)12-18-20(25)24(22(29)30-18)19(21(26)27)13-6-2-1-3-7-13/h1-12,19H,(H,26,27)/b18-12-. The van der Waals surface area contributed by atoms with Crippen LogP contribution in [0, 0.1) is 5.82 Å². The lowest BCUT2D eigenvalue weighted by Gasteiger charge is -2.23. The monoisotopic (exact) mass is 439 g/mol. The van der Waals surface area contributed by atoms with Gasteiger partial charge in [0.1, 0.15) is 21.7 Å². The molecule has 1 fully saturated rings. The molecule has 5 nitrogen and oxygen atoms in total. The van der Waals surface area contributed by atoms with Crippen molar-refractivity contribution < 1.29 is 23.5 Å². The second-order valence-corrected chi connectivity index (χ2v) is 8.06. The molecule has 8 heteroatoms. The third-order valence-corrected chi connectivity index (χ3v) is 5.80. The molecule has 1 aromatic heterocycles. The summed E-state index contributed by atoms with van der Waals surface area (Å²) in [6, 6.07) is 16.6. The molecule has 1 aliphatic rings. The van der Waals surface area contributed by atoms with Crippen molar-refractivity contribution in [1.29, 1.82) is 0 Å². The molecular formula is C22H14FNO4S2. The van der Waals surface area contributed by atoms with Gasteiger partial charge in [-0.1, -0.05) is 66.4 Å². The van der Waals surface area contributed by atoms with Crippen molar-refractivity contribution in [3.63, 3.8) is 0 Å². The summed E-state index contributed by atoms with van der Waals surface area (Å²) < 4.78 is 19.8. The van der Waals surface area contributed by atoms with Crippen LogP contribution in [-0.4, -0.2) is 26.2 Å². The number of hydrogen-bond donors (Lipinski definition) is 1. The van der Waals surface area contributed by atoms with Gasteiger partial charge in [-0.25, -0.2) is 9.18 Å². The number of aliphatic carboxylic acids is 1. The van der Waals surface area contributed by atoms with Crippen LogP contribution in [-0.2, 0) is 9.59 Å². The lowest BCUT2D eigenvalue weighted by atomic mass is 10.1. The van der Waals surface area contributed by atoms with Crippen molar-refractivity contribution in [2.75, 3.05) is 0 Å². The quantitative estimate of drug-likeness (QED) is 0.440. The second-order valence-electron chi connectivity index (χ2n) is 6.39. The Kier molecular flexibility index (Phi) is 5.52. The summed E-state index contributed by atoms with van der Waals surface area (Å²) in [5, 5.41) is 9.72. The molecule has 2 heterocycles. The van der Waals surface area contributed by atoms with E-state index in [0.29, 0.717) is 22.6 Å². The first-order valence-electron chi connectivity index (χ1n) is 8.85. The highest BCUT2D eigenvalue weighted by Gasteiger charge is 2.41. The van der Waals surface area contributed by atoms with Gasteiger partial charge in [0, 0.05) is 6.08 Å². The van der Waals surface area contributed by atoms with Crippen LogP contribution in [0.15, 0.2) is 76.1 Å². The number of carbonyl (C=O) groups is 2. The third-order valence-electron chi connectivity index (χ3n) is 4.47. The fourth-order valence-corrected chi connectivity index (χ4v) is 4.40. The molecule has 0 bridgehead atoms. The first-order chi connectivity index (χ1) is 14.5. The van der Waals surface area contributed by atoms with Gasteiger partial charge in [0.05, 0.1) is 10.5 Å². The van der Waals surface area contributed by atoms with E-state index in [0.717, 1.165) is 16.7 Å². The number of carbonyl (C=O) groups excluding carboxylic acids is 1. The highest BCUT2D eigenvalue weighted by molar-refractivity contribution is 8.26.